The first-order chi connectivity index (χ1) is 12.8. The fraction of sp³-hybridized carbons (Fsp3) is 0.316. The van der Waals surface area contributed by atoms with Crippen LogP contribution in [0.4, 0.5) is 0 Å². The lowest BCUT2D eigenvalue weighted by molar-refractivity contribution is 0.314. The van der Waals surface area contributed by atoms with Crippen molar-refractivity contribution in [1.29, 1.82) is 5.26 Å². The number of sulfonamides is 1. The van der Waals surface area contributed by atoms with Gasteiger partial charge in [-0.15, -0.1) is 0 Å². The Balaban J connectivity index is 2.03. The van der Waals surface area contributed by atoms with Gasteiger partial charge in [0.15, 0.2) is 6.19 Å². The van der Waals surface area contributed by atoms with E-state index in [1.807, 2.05) is 31.2 Å². The Morgan fingerprint density at radius 3 is 2.70 bits per heavy atom. The van der Waals surface area contributed by atoms with Crippen LogP contribution in [0.1, 0.15) is 17.5 Å². The molecule has 1 heterocycles. The first-order valence-electron chi connectivity index (χ1n) is 8.48. The molecule has 1 aliphatic rings. The molecule has 2 aromatic carbocycles. The highest BCUT2D eigenvalue weighted by Gasteiger charge is 2.36. The highest BCUT2D eigenvalue weighted by molar-refractivity contribution is 9.11. The zero-order valence-corrected chi connectivity index (χ0v) is 18.8. The summed E-state index contributed by atoms with van der Waals surface area (Å²) in [6.45, 7) is 3.24. The maximum Gasteiger partial charge on any atom is 0.244 e. The van der Waals surface area contributed by atoms with Gasteiger partial charge in [-0.25, -0.2) is 8.42 Å². The minimum Gasteiger partial charge on any atom is -0.309 e. The van der Waals surface area contributed by atoms with Crippen molar-refractivity contribution in [3.8, 4) is 6.19 Å². The molecule has 1 atom stereocenters. The van der Waals surface area contributed by atoms with Gasteiger partial charge in [0.2, 0.25) is 10.0 Å². The fourth-order valence-electron chi connectivity index (χ4n) is 3.27. The average Bonchev–Trinajstić information content (AvgIpc) is 3.10. The monoisotopic (exact) mass is 511 g/mol. The standard InChI is InChI=1S/C19H19Br2N3O2S/c1-14-3-2-4-15(9-14)11-24(17-7-8-23(12-17)13-22)27(25,26)19-10-16(20)5-6-18(19)21/h2-6,9-10,17H,7-8,11-12H2,1H3. The van der Waals surface area contributed by atoms with E-state index in [-0.39, 0.29) is 17.5 Å². The van der Waals surface area contributed by atoms with E-state index in [9.17, 15) is 13.7 Å². The molecule has 0 saturated carbocycles. The second-order valence-corrected chi connectivity index (χ2v) is 10.2. The predicted octanol–water partition coefficient (Wildman–Crippen LogP) is 4.27. The molecular formula is C19H19Br2N3O2S. The van der Waals surface area contributed by atoms with E-state index in [4.69, 9.17) is 0 Å². The lowest BCUT2D eigenvalue weighted by Crippen LogP contribution is -2.41. The first-order valence-corrected chi connectivity index (χ1v) is 11.5. The maximum atomic E-state index is 13.6. The molecule has 3 rings (SSSR count). The molecule has 0 spiro atoms. The molecule has 1 saturated heterocycles. The van der Waals surface area contributed by atoms with Crippen LogP contribution in [0.2, 0.25) is 0 Å². The lowest BCUT2D eigenvalue weighted by Gasteiger charge is -2.28. The maximum absolute atomic E-state index is 13.6. The van der Waals surface area contributed by atoms with E-state index in [2.05, 4.69) is 38.1 Å². The SMILES string of the molecule is Cc1cccc(CN(C2CCN(C#N)C2)S(=O)(=O)c2cc(Br)ccc2Br)c1. The third-order valence-electron chi connectivity index (χ3n) is 4.61. The summed E-state index contributed by atoms with van der Waals surface area (Å²) in [7, 11) is -3.76. The van der Waals surface area contributed by atoms with Gasteiger partial charge in [0.1, 0.15) is 0 Å². The van der Waals surface area contributed by atoms with Gasteiger partial charge in [-0.2, -0.15) is 9.57 Å². The summed E-state index contributed by atoms with van der Waals surface area (Å²) in [5.74, 6) is 0. The number of aryl methyl sites for hydroxylation is 1. The predicted molar refractivity (Wildman–Crippen MR) is 111 cm³/mol. The fourth-order valence-corrected chi connectivity index (χ4v) is 6.37. The molecule has 27 heavy (non-hydrogen) atoms. The number of hydrogen-bond acceptors (Lipinski definition) is 4. The van der Waals surface area contributed by atoms with Crippen molar-refractivity contribution in [2.24, 2.45) is 0 Å². The van der Waals surface area contributed by atoms with Crippen LogP contribution >= 0.6 is 31.9 Å². The van der Waals surface area contributed by atoms with Gasteiger partial charge in [0.25, 0.3) is 0 Å². The van der Waals surface area contributed by atoms with Crippen LogP contribution in [0.25, 0.3) is 0 Å². The van der Waals surface area contributed by atoms with Crippen molar-refractivity contribution in [2.75, 3.05) is 13.1 Å². The molecule has 0 radical (unpaired) electrons. The molecule has 0 aromatic heterocycles. The number of rotatable bonds is 5. The van der Waals surface area contributed by atoms with Crippen LogP contribution in [-0.2, 0) is 16.6 Å². The van der Waals surface area contributed by atoms with Gasteiger partial charge in [-0.3, -0.25) is 0 Å². The Morgan fingerprint density at radius 1 is 1.26 bits per heavy atom. The van der Waals surface area contributed by atoms with Crippen molar-refractivity contribution >= 4 is 41.9 Å². The second kappa shape index (κ2) is 8.31. The minimum atomic E-state index is -3.76. The Bertz CT molecular complexity index is 989. The molecule has 1 fully saturated rings. The van der Waals surface area contributed by atoms with Gasteiger partial charge in [-0.1, -0.05) is 45.8 Å². The normalized spacial score (nSPS) is 17.3. The van der Waals surface area contributed by atoms with E-state index in [1.165, 1.54) is 4.31 Å². The minimum absolute atomic E-state index is 0.222. The Kier molecular flexibility index (Phi) is 6.26. The van der Waals surface area contributed by atoms with E-state index < -0.39 is 10.0 Å². The summed E-state index contributed by atoms with van der Waals surface area (Å²) in [5.41, 5.74) is 2.01. The van der Waals surface area contributed by atoms with Gasteiger partial charge < -0.3 is 4.90 Å². The smallest absolute Gasteiger partial charge is 0.244 e. The van der Waals surface area contributed by atoms with Crippen LogP contribution in [0.3, 0.4) is 0 Å². The summed E-state index contributed by atoms with van der Waals surface area (Å²) < 4.78 is 29.9. The van der Waals surface area contributed by atoms with E-state index >= 15 is 0 Å². The van der Waals surface area contributed by atoms with Crippen LogP contribution in [-0.4, -0.2) is 36.8 Å². The van der Waals surface area contributed by atoms with Gasteiger partial charge in [0, 0.05) is 34.6 Å². The van der Waals surface area contributed by atoms with Crippen molar-refractivity contribution in [1.82, 2.24) is 9.21 Å². The van der Waals surface area contributed by atoms with Crippen LogP contribution in [0.5, 0.6) is 0 Å². The molecule has 142 valence electrons. The molecule has 5 nitrogen and oxygen atoms in total. The third-order valence-corrected chi connectivity index (χ3v) is 8.00. The summed E-state index contributed by atoms with van der Waals surface area (Å²) in [6, 6.07) is 12.7. The summed E-state index contributed by atoms with van der Waals surface area (Å²) >= 11 is 6.74. The van der Waals surface area contributed by atoms with Crippen molar-refractivity contribution in [3.05, 3.63) is 62.5 Å². The Labute approximate surface area is 176 Å². The number of nitriles is 1. The number of nitrogens with zero attached hydrogens (tertiary/aromatic N) is 3. The Hall–Kier alpha value is -1.40. The highest BCUT2D eigenvalue weighted by Crippen LogP contribution is 2.32. The molecule has 1 aliphatic heterocycles. The molecular weight excluding hydrogens is 494 g/mol. The molecule has 0 bridgehead atoms. The zero-order valence-electron chi connectivity index (χ0n) is 14.8. The van der Waals surface area contributed by atoms with Crippen molar-refractivity contribution in [3.63, 3.8) is 0 Å². The van der Waals surface area contributed by atoms with Gasteiger partial charge >= 0.3 is 0 Å². The second-order valence-electron chi connectivity index (χ2n) is 6.60. The zero-order chi connectivity index (χ0) is 19.6. The number of halogens is 2. The number of benzene rings is 2. The van der Waals surface area contributed by atoms with Gasteiger partial charge in [0.05, 0.1) is 4.90 Å². The molecule has 0 N–H and O–H groups in total. The van der Waals surface area contributed by atoms with Crippen LogP contribution in [0, 0.1) is 18.4 Å². The number of hydrogen-bond donors (Lipinski definition) is 0. The van der Waals surface area contributed by atoms with Crippen LogP contribution < -0.4 is 0 Å². The van der Waals surface area contributed by atoms with E-state index in [1.54, 1.807) is 23.1 Å². The van der Waals surface area contributed by atoms with E-state index in [0.717, 1.165) is 11.1 Å². The molecule has 8 heteroatoms. The molecule has 0 aliphatic carbocycles. The topological polar surface area (TPSA) is 64.4 Å². The lowest BCUT2D eigenvalue weighted by atomic mass is 10.1. The molecule has 1 unspecified atom stereocenters. The molecule has 2 aromatic rings. The van der Waals surface area contributed by atoms with Gasteiger partial charge in [-0.05, 0) is 53.0 Å². The summed E-state index contributed by atoms with van der Waals surface area (Å²) in [6.07, 6.45) is 2.76. The number of likely N-dealkylation sites (tertiary alicyclic amines) is 1. The Morgan fingerprint density at radius 2 is 2.04 bits per heavy atom. The van der Waals surface area contributed by atoms with Crippen LogP contribution in [0.15, 0.2) is 56.3 Å². The highest BCUT2D eigenvalue weighted by atomic mass is 79.9. The molecule has 0 amide bonds. The quantitative estimate of drug-likeness (QED) is 0.561. The first kappa shape index (κ1) is 20.3. The summed E-state index contributed by atoms with van der Waals surface area (Å²) in [4.78, 5) is 1.83. The van der Waals surface area contributed by atoms with E-state index in [0.29, 0.717) is 28.5 Å². The third kappa shape index (κ3) is 4.54. The van der Waals surface area contributed by atoms with Crippen molar-refractivity contribution < 1.29 is 8.42 Å². The largest absolute Gasteiger partial charge is 0.309 e. The van der Waals surface area contributed by atoms with Crippen molar-refractivity contribution in [2.45, 2.75) is 30.8 Å². The average molecular weight is 513 g/mol. The summed E-state index contributed by atoms with van der Waals surface area (Å²) in [5, 5.41) is 9.19.